The van der Waals surface area contributed by atoms with Crippen molar-refractivity contribution in [3.05, 3.63) is 46.5 Å². The molecule has 12 heteroatoms. The van der Waals surface area contributed by atoms with E-state index in [9.17, 15) is 18.4 Å². The molecule has 0 saturated carbocycles. The van der Waals surface area contributed by atoms with Crippen LogP contribution in [0.2, 0.25) is 0 Å². The molecular formula is C19H22F2N8O2. The smallest absolute Gasteiger partial charge is 0.274 e. The van der Waals surface area contributed by atoms with E-state index in [-0.39, 0.29) is 46.7 Å². The zero-order valence-corrected chi connectivity index (χ0v) is 16.5. The lowest BCUT2D eigenvalue weighted by Gasteiger charge is -2.32. The van der Waals surface area contributed by atoms with Crippen molar-refractivity contribution >= 4 is 28.9 Å². The van der Waals surface area contributed by atoms with Gasteiger partial charge in [0.1, 0.15) is 22.9 Å². The lowest BCUT2D eigenvalue weighted by Crippen LogP contribution is -2.39. The summed E-state index contributed by atoms with van der Waals surface area (Å²) in [6.07, 6.45) is 1.81. The first-order valence-electron chi connectivity index (χ1n) is 9.76. The van der Waals surface area contributed by atoms with Gasteiger partial charge in [0.15, 0.2) is 5.65 Å². The Labute approximate surface area is 175 Å². The van der Waals surface area contributed by atoms with Gasteiger partial charge in [0.2, 0.25) is 0 Å². The van der Waals surface area contributed by atoms with Crippen LogP contribution in [-0.4, -0.2) is 56.0 Å². The summed E-state index contributed by atoms with van der Waals surface area (Å²) < 4.78 is 28.1. The standard InChI is InChI=1S/C19H22F2N8O2/c20-14(21)10-27-6-3-11(4-7-27)28-5-1-2-13(19(28)31)25-16-8-15(22)29-18(26-16)12(9-24-29)17(23)30/h1-2,5,8-9,11,14H,3-4,6-7,10,22H2,(H2,23,30)(H,25,26). The van der Waals surface area contributed by atoms with Gasteiger partial charge < -0.3 is 21.4 Å². The predicted octanol–water partition coefficient (Wildman–Crippen LogP) is 1.22. The number of nitrogens with two attached hydrogens (primary N) is 2. The van der Waals surface area contributed by atoms with E-state index < -0.39 is 12.3 Å². The minimum atomic E-state index is -2.37. The number of carbonyl (C=O) groups excluding carboxylic acids is 1. The molecule has 0 unspecified atom stereocenters. The fourth-order valence-electron chi connectivity index (χ4n) is 3.83. The second-order valence-corrected chi connectivity index (χ2v) is 7.41. The van der Waals surface area contributed by atoms with Crippen molar-refractivity contribution in [1.82, 2.24) is 24.1 Å². The molecule has 3 aromatic heterocycles. The molecule has 1 aliphatic rings. The van der Waals surface area contributed by atoms with Crippen LogP contribution in [0.5, 0.6) is 0 Å². The molecule has 0 spiro atoms. The predicted molar refractivity (Wildman–Crippen MR) is 111 cm³/mol. The average Bonchev–Trinajstić information content (AvgIpc) is 3.15. The highest BCUT2D eigenvalue weighted by Gasteiger charge is 2.23. The summed E-state index contributed by atoms with van der Waals surface area (Å²) in [5, 5.41) is 6.94. The van der Waals surface area contributed by atoms with Gasteiger partial charge in [0.05, 0.1) is 12.7 Å². The maximum absolute atomic E-state index is 13.0. The number of pyridine rings is 1. The van der Waals surface area contributed by atoms with Crippen LogP contribution >= 0.6 is 0 Å². The Hall–Kier alpha value is -3.54. The minimum Gasteiger partial charge on any atom is -0.383 e. The van der Waals surface area contributed by atoms with Crippen molar-refractivity contribution in [3.63, 3.8) is 0 Å². The maximum atomic E-state index is 13.0. The molecule has 0 aromatic carbocycles. The zero-order chi connectivity index (χ0) is 22.1. The number of carbonyl (C=O) groups is 1. The number of anilines is 3. The van der Waals surface area contributed by atoms with Crippen molar-refractivity contribution in [2.75, 3.05) is 30.7 Å². The van der Waals surface area contributed by atoms with E-state index in [4.69, 9.17) is 11.5 Å². The zero-order valence-electron chi connectivity index (χ0n) is 16.5. The number of hydrogen-bond acceptors (Lipinski definition) is 7. The largest absolute Gasteiger partial charge is 0.383 e. The average molecular weight is 432 g/mol. The van der Waals surface area contributed by atoms with Gasteiger partial charge in [-0.05, 0) is 25.0 Å². The number of rotatable bonds is 6. The van der Waals surface area contributed by atoms with Crippen LogP contribution in [0, 0.1) is 0 Å². The summed E-state index contributed by atoms with van der Waals surface area (Å²) in [5.74, 6) is -0.225. The number of fused-ring (bicyclic) bond motifs is 1. The van der Waals surface area contributed by atoms with Gasteiger partial charge in [0.25, 0.3) is 17.9 Å². The maximum Gasteiger partial charge on any atom is 0.274 e. The number of primary amides is 1. The number of hydrogen-bond donors (Lipinski definition) is 3. The van der Waals surface area contributed by atoms with E-state index in [1.807, 2.05) is 0 Å². The Bertz CT molecular complexity index is 1170. The number of piperidine rings is 1. The van der Waals surface area contributed by atoms with E-state index in [1.54, 1.807) is 27.8 Å². The number of likely N-dealkylation sites (tertiary alicyclic amines) is 1. The molecular weight excluding hydrogens is 410 g/mol. The van der Waals surface area contributed by atoms with Gasteiger partial charge >= 0.3 is 0 Å². The highest BCUT2D eigenvalue weighted by Crippen LogP contribution is 2.23. The first-order chi connectivity index (χ1) is 14.8. The van der Waals surface area contributed by atoms with Gasteiger partial charge in [-0.1, -0.05) is 0 Å². The number of alkyl halides is 2. The van der Waals surface area contributed by atoms with Crippen LogP contribution in [0.3, 0.4) is 0 Å². The number of amides is 1. The fraction of sp³-hybridized carbons (Fsp3) is 0.368. The molecule has 1 amide bonds. The number of aromatic nitrogens is 4. The van der Waals surface area contributed by atoms with Crippen LogP contribution in [0.1, 0.15) is 29.2 Å². The van der Waals surface area contributed by atoms with Crippen molar-refractivity contribution in [2.45, 2.75) is 25.3 Å². The highest BCUT2D eigenvalue weighted by atomic mass is 19.3. The Morgan fingerprint density at radius 2 is 2.06 bits per heavy atom. The van der Waals surface area contributed by atoms with Crippen molar-refractivity contribution in [1.29, 1.82) is 0 Å². The van der Waals surface area contributed by atoms with Gasteiger partial charge in [-0.15, -0.1) is 0 Å². The quantitative estimate of drug-likeness (QED) is 0.533. The monoisotopic (exact) mass is 432 g/mol. The number of halogens is 2. The molecule has 1 fully saturated rings. The fourth-order valence-corrected chi connectivity index (χ4v) is 3.83. The van der Waals surface area contributed by atoms with Gasteiger partial charge in [-0.2, -0.15) is 9.61 Å². The number of nitrogen functional groups attached to an aromatic ring is 1. The third-order valence-corrected chi connectivity index (χ3v) is 5.35. The molecule has 0 radical (unpaired) electrons. The van der Waals surface area contributed by atoms with Crippen LogP contribution in [0.25, 0.3) is 5.65 Å². The summed E-state index contributed by atoms with van der Waals surface area (Å²) >= 11 is 0. The summed E-state index contributed by atoms with van der Waals surface area (Å²) in [6, 6.07) is 4.74. The second-order valence-electron chi connectivity index (χ2n) is 7.41. The van der Waals surface area contributed by atoms with Gasteiger partial charge in [-0.3, -0.25) is 14.5 Å². The molecule has 10 nitrogen and oxygen atoms in total. The first-order valence-corrected chi connectivity index (χ1v) is 9.76. The summed E-state index contributed by atoms with van der Waals surface area (Å²) in [7, 11) is 0. The lowest BCUT2D eigenvalue weighted by atomic mass is 10.0. The lowest BCUT2D eigenvalue weighted by molar-refractivity contribution is 0.0699. The van der Waals surface area contributed by atoms with E-state index in [2.05, 4.69) is 15.4 Å². The van der Waals surface area contributed by atoms with E-state index in [0.29, 0.717) is 25.9 Å². The number of nitrogens with one attached hydrogen (secondary N) is 1. The van der Waals surface area contributed by atoms with E-state index >= 15 is 0 Å². The molecule has 4 rings (SSSR count). The number of nitrogens with zero attached hydrogens (tertiary/aromatic N) is 5. The van der Waals surface area contributed by atoms with E-state index in [1.165, 1.54) is 16.8 Å². The van der Waals surface area contributed by atoms with Crippen molar-refractivity contribution < 1.29 is 13.6 Å². The minimum absolute atomic E-state index is 0.0834. The Balaban J connectivity index is 1.58. The van der Waals surface area contributed by atoms with Crippen LogP contribution < -0.4 is 22.3 Å². The summed E-state index contributed by atoms with van der Waals surface area (Å²) in [5.41, 5.74) is 11.6. The molecule has 1 saturated heterocycles. The Morgan fingerprint density at radius 3 is 2.74 bits per heavy atom. The SMILES string of the molecule is NC(=O)c1cnn2c(N)cc(Nc3cccn(C4CCN(CC(F)F)CC4)c3=O)nc12. The second kappa shape index (κ2) is 8.30. The van der Waals surface area contributed by atoms with E-state index in [0.717, 1.165) is 0 Å². The molecule has 0 bridgehead atoms. The third kappa shape index (κ3) is 4.19. The first kappa shape index (κ1) is 20.7. The highest BCUT2D eigenvalue weighted by molar-refractivity contribution is 5.98. The van der Waals surface area contributed by atoms with Crippen molar-refractivity contribution in [3.8, 4) is 0 Å². The van der Waals surface area contributed by atoms with Crippen LogP contribution in [0.4, 0.5) is 26.1 Å². The Kier molecular flexibility index (Phi) is 5.55. The van der Waals surface area contributed by atoms with Crippen LogP contribution in [-0.2, 0) is 0 Å². The normalized spacial score (nSPS) is 15.6. The van der Waals surface area contributed by atoms with Gasteiger partial charge in [-0.25, -0.2) is 13.8 Å². The molecule has 31 heavy (non-hydrogen) atoms. The molecule has 5 N–H and O–H groups in total. The Morgan fingerprint density at radius 1 is 1.32 bits per heavy atom. The third-order valence-electron chi connectivity index (χ3n) is 5.35. The summed E-state index contributed by atoms with van der Waals surface area (Å²) in [6.45, 7) is 0.761. The molecule has 4 heterocycles. The molecule has 164 valence electrons. The summed E-state index contributed by atoms with van der Waals surface area (Å²) in [4.78, 5) is 30.6. The van der Waals surface area contributed by atoms with Gasteiger partial charge in [0, 0.05) is 31.4 Å². The van der Waals surface area contributed by atoms with Crippen LogP contribution in [0.15, 0.2) is 35.4 Å². The van der Waals surface area contributed by atoms with Crippen molar-refractivity contribution in [2.24, 2.45) is 5.73 Å². The molecule has 1 aliphatic heterocycles. The molecule has 3 aromatic rings. The topological polar surface area (TPSA) is 137 Å². The molecule has 0 aliphatic carbocycles. The molecule has 0 atom stereocenters.